The molecular formula is C13H28N2O. The van der Waals surface area contributed by atoms with E-state index in [1.165, 1.54) is 19.6 Å². The van der Waals surface area contributed by atoms with Gasteiger partial charge in [0.25, 0.3) is 0 Å². The molecule has 1 N–H and O–H groups in total. The fourth-order valence-electron chi connectivity index (χ4n) is 2.07. The lowest BCUT2D eigenvalue weighted by atomic mass is 9.87. The van der Waals surface area contributed by atoms with Crippen molar-refractivity contribution in [3.8, 4) is 0 Å². The summed E-state index contributed by atoms with van der Waals surface area (Å²) in [6.07, 6.45) is 0.715. The molecule has 96 valence electrons. The highest BCUT2D eigenvalue weighted by Crippen LogP contribution is 2.21. The fourth-order valence-corrected chi connectivity index (χ4v) is 2.07. The molecule has 0 spiro atoms. The van der Waals surface area contributed by atoms with Gasteiger partial charge in [0.05, 0.1) is 6.10 Å². The standard InChI is InChI=1S/C13H28N2O/c1-5-14-8-10-15(11-9-14)7-6-12(16)13(2,3)4/h12,16H,5-11H2,1-4H3. The van der Waals surface area contributed by atoms with Crippen molar-refractivity contribution in [2.45, 2.75) is 40.2 Å². The van der Waals surface area contributed by atoms with Crippen molar-refractivity contribution in [1.29, 1.82) is 0 Å². The predicted molar refractivity (Wildman–Crippen MR) is 68.6 cm³/mol. The van der Waals surface area contributed by atoms with Crippen LogP contribution in [-0.2, 0) is 0 Å². The van der Waals surface area contributed by atoms with Crippen LogP contribution < -0.4 is 0 Å². The molecule has 3 nitrogen and oxygen atoms in total. The number of likely N-dealkylation sites (N-methyl/N-ethyl adjacent to an activating group) is 1. The minimum absolute atomic E-state index is 0.0191. The van der Waals surface area contributed by atoms with E-state index in [2.05, 4.69) is 37.5 Å². The van der Waals surface area contributed by atoms with Crippen molar-refractivity contribution in [1.82, 2.24) is 9.80 Å². The highest BCUT2D eigenvalue weighted by atomic mass is 16.3. The molecule has 1 unspecified atom stereocenters. The first-order valence-electron chi connectivity index (χ1n) is 6.56. The van der Waals surface area contributed by atoms with Crippen LogP contribution in [0.5, 0.6) is 0 Å². The van der Waals surface area contributed by atoms with E-state index in [0.29, 0.717) is 0 Å². The van der Waals surface area contributed by atoms with Gasteiger partial charge in [0, 0.05) is 32.7 Å². The zero-order valence-corrected chi connectivity index (χ0v) is 11.4. The SMILES string of the molecule is CCN1CCN(CCC(O)C(C)(C)C)CC1. The number of aliphatic hydroxyl groups excluding tert-OH is 1. The topological polar surface area (TPSA) is 26.7 Å². The molecule has 0 aromatic rings. The Kier molecular flexibility index (Phi) is 5.22. The van der Waals surface area contributed by atoms with Gasteiger partial charge in [0.2, 0.25) is 0 Å². The number of hydrogen-bond acceptors (Lipinski definition) is 3. The van der Waals surface area contributed by atoms with Gasteiger partial charge < -0.3 is 14.9 Å². The van der Waals surface area contributed by atoms with Gasteiger partial charge in [-0.1, -0.05) is 27.7 Å². The Balaban J connectivity index is 2.20. The summed E-state index contributed by atoms with van der Waals surface area (Å²) in [6.45, 7) is 15.4. The van der Waals surface area contributed by atoms with Crippen LogP contribution in [0.25, 0.3) is 0 Å². The Morgan fingerprint density at radius 1 is 1.06 bits per heavy atom. The number of aliphatic hydroxyl groups is 1. The molecular weight excluding hydrogens is 200 g/mol. The summed E-state index contributed by atoms with van der Waals surface area (Å²) in [5, 5.41) is 9.98. The summed E-state index contributed by atoms with van der Waals surface area (Å²) in [6, 6.07) is 0. The summed E-state index contributed by atoms with van der Waals surface area (Å²) in [5.41, 5.74) is 0.0191. The summed E-state index contributed by atoms with van der Waals surface area (Å²) < 4.78 is 0. The van der Waals surface area contributed by atoms with Gasteiger partial charge in [-0.2, -0.15) is 0 Å². The molecule has 3 heteroatoms. The quantitative estimate of drug-likeness (QED) is 0.788. The van der Waals surface area contributed by atoms with Crippen LogP contribution in [0.1, 0.15) is 34.1 Å². The third-order valence-corrected chi connectivity index (χ3v) is 3.63. The third kappa shape index (κ3) is 4.40. The van der Waals surface area contributed by atoms with Crippen molar-refractivity contribution in [2.24, 2.45) is 5.41 Å². The zero-order valence-electron chi connectivity index (χ0n) is 11.4. The van der Waals surface area contributed by atoms with E-state index in [-0.39, 0.29) is 11.5 Å². The summed E-state index contributed by atoms with van der Waals surface area (Å²) in [7, 11) is 0. The Morgan fingerprint density at radius 3 is 2.00 bits per heavy atom. The molecule has 1 atom stereocenters. The molecule has 1 aliphatic heterocycles. The van der Waals surface area contributed by atoms with E-state index >= 15 is 0 Å². The molecule has 0 aromatic heterocycles. The van der Waals surface area contributed by atoms with Crippen molar-refractivity contribution in [3.05, 3.63) is 0 Å². The highest BCUT2D eigenvalue weighted by molar-refractivity contribution is 4.76. The first-order valence-corrected chi connectivity index (χ1v) is 6.56. The molecule has 0 aliphatic carbocycles. The maximum atomic E-state index is 9.98. The second-order valence-corrected chi connectivity index (χ2v) is 5.95. The first-order chi connectivity index (χ1) is 7.43. The Labute approximate surface area is 100 Å². The molecule has 16 heavy (non-hydrogen) atoms. The number of hydrogen-bond donors (Lipinski definition) is 1. The fraction of sp³-hybridized carbons (Fsp3) is 1.00. The predicted octanol–water partition coefficient (Wildman–Crippen LogP) is 1.42. The molecule has 0 aromatic carbocycles. The molecule has 0 radical (unpaired) electrons. The van der Waals surface area contributed by atoms with Gasteiger partial charge in [0.15, 0.2) is 0 Å². The van der Waals surface area contributed by atoms with Crippen LogP contribution in [0.15, 0.2) is 0 Å². The number of rotatable bonds is 4. The van der Waals surface area contributed by atoms with Gasteiger partial charge in [0.1, 0.15) is 0 Å². The van der Waals surface area contributed by atoms with Gasteiger partial charge in [-0.15, -0.1) is 0 Å². The lowest BCUT2D eigenvalue weighted by Crippen LogP contribution is -2.47. The van der Waals surface area contributed by atoms with E-state index in [1.54, 1.807) is 0 Å². The van der Waals surface area contributed by atoms with Crippen molar-refractivity contribution in [2.75, 3.05) is 39.3 Å². The molecule has 0 bridgehead atoms. The smallest absolute Gasteiger partial charge is 0.0600 e. The van der Waals surface area contributed by atoms with Crippen LogP contribution in [0.3, 0.4) is 0 Å². The van der Waals surface area contributed by atoms with E-state index in [4.69, 9.17) is 0 Å². The first kappa shape index (κ1) is 13.9. The van der Waals surface area contributed by atoms with Crippen LogP contribution in [0, 0.1) is 5.41 Å². The normalized spacial score (nSPS) is 22.3. The van der Waals surface area contributed by atoms with E-state index in [9.17, 15) is 5.11 Å². The number of piperazine rings is 1. The maximum absolute atomic E-state index is 9.98. The highest BCUT2D eigenvalue weighted by Gasteiger charge is 2.23. The Hall–Kier alpha value is -0.120. The second kappa shape index (κ2) is 5.99. The molecule has 1 heterocycles. The summed E-state index contributed by atoms with van der Waals surface area (Å²) >= 11 is 0. The zero-order chi connectivity index (χ0) is 12.2. The summed E-state index contributed by atoms with van der Waals surface area (Å²) in [5.74, 6) is 0. The lowest BCUT2D eigenvalue weighted by molar-refractivity contribution is 0.0388. The maximum Gasteiger partial charge on any atom is 0.0600 e. The molecule has 1 rings (SSSR count). The minimum atomic E-state index is -0.184. The van der Waals surface area contributed by atoms with Crippen LogP contribution in [0.4, 0.5) is 0 Å². The van der Waals surface area contributed by atoms with Crippen LogP contribution in [0.2, 0.25) is 0 Å². The Bertz CT molecular complexity index is 193. The van der Waals surface area contributed by atoms with Gasteiger partial charge in [-0.3, -0.25) is 0 Å². The van der Waals surface area contributed by atoms with Crippen LogP contribution >= 0.6 is 0 Å². The Morgan fingerprint density at radius 2 is 1.56 bits per heavy atom. The monoisotopic (exact) mass is 228 g/mol. The molecule has 1 saturated heterocycles. The average Bonchev–Trinajstić information content (AvgIpc) is 2.25. The molecule has 1 fully saturated rings. The van der Waals surface area contributed by atoms with E-state index in [0.717, 1.165) is 26.1 Å². The van der Waals surface area contributed by atoms with E-state index in [1.807, 2.05) is 0 Å². The number of nitrogens with zero attached hydrogens (tertiary/aromatic N) is 2. The third-order valence-electron chi connectivity index (χ3n) is 3.63. The molecule has 0 saturated carbocycles. The average molecular weight is 228 g/mol. The van der Waals surface area contributed by atoms with Crippen molar-refractivity contribution >= 4 is 0 Å². The second-order valence-electron chi connectivity index (χ2n) is 5.95. The van der Waals surface area contributed by atoms with Gasteiger partial charge in [-0.05, 0) is 18.4 Å². The van der Waals surface area contributed by atoms with Crippen molar-refractivity contribution in [3.63, 3.8) is 0 Å². The minimum Gasteiger partial charge on any atom is -0.393 e. The van der Waals surface area contributed by atoms with Crippen molar-refractivity contribution < 1.29 is 5.11 Å². The van der Waals surface area contributed by atoms with Gasteiger partial charge in [-0.25, -0.2) is 0 Å². The van der Waals surface area contributed by atoms with Gasteiger partial charge >= 0.3 is 0 Å². The molecule has 0 amide bonds. The van der Waals surface area contributed by atoms with E-state index < -0.39 is 0 Å². The largest absolute Gasteiger partial charge is 0.393 e. The summed E-state index contributed by atoms with van der Waals surface area (Å²) in [4.78, 5) is 4.96. The van der Waals surface area contributed by atoms with Crippen LogP contribution in [-0.4, -0.2) is 60.3 Å². The molecule has 1 aliphatic rings. The lowest BCUT2D eigenvalue weighted by Gasteiger charge is -2.35.